The molecule has 0 saturated heterocycles. The smallest absolute Gasteiger partial charge is 0.0527 e. The summed E-state index contributed by atoms with van der Waals surface area (Å²) in [5, 5.41) is 7.12. The first-order valence-corrected chi connectivity index (χ1v) is 15.6. The summed E-state index contributed by atoms with van der Waals surface area (Å²) >= 11 is 3.63. The molecule has 39 heavy (non-hydrogen) atoms. The van der Waals surface area contributed by atoms with Gasteiger partial charge in [0.25, 0.3) is 0 Å². The van der Waals surface area contributed by atoms with Crippen molar-refractivity contribution in [1.82, 2.24) is 0 Å². The monoisotopic (exact) mass is 556 g/mol. The molecule has 4 heteroatoms. The third-order valence-corrected chi connectivity index (χ3v) is 9.29. The molecule has 2 nitrogen and oxygen atoms in total. The number of fused-ring (bicyclic) bond motifs is 2. The lowest BCUT2D eigenvalue weighted by Crippen LogP contribution is -2.19. The van der Waals surface area contributed by atoms with E-state index in [0.29, 0.717) is 0 Å². The minimum Gasteiger partial charge on any atom is -0.359 e. The van der Waals surface area contributed by atoms with Gasteiger partial charge >= 0.3 is 0 Å². The predicted molar refractivity (Wildman–Crippen MR) is 175 cm³/mol. The SMILES string of the molecule is C=C(CCC(=C)Sc1cc(C(C)(C)C)c(C)c(C(C)(C)C)c1)Nc1ccc2c(c1)Sc1cc(CC)ccc1N2. The Morgan fingerprint density at radius 1 is 0.846 bits per heavy atom. The third kappa shape index (κ3) is 7.15. The summed E-state index contributed by atoms with van der Waals surface area (Å²) in [6.07, 6.45) is 2.78. The minimum absolute atomic E-state index is 0.100. The first kappa shape index (κ1) is 29.4. The molecule has 0 amide bonds. The van der Waals surface area contributed by atoms with Gasteiger partial charge in [0.2, 0.25) is 0 Å². The Morgan fingerprint density at radius 2 is 1.44 bits per heavy atom. The molecule has 0 atom stereocenters. The molecule has 0 aliphatic carbocycles. The van der Waals surface area contributed by atoms with Crippen LogP contribution in [-0.4, -0.2) is 0 Å². The summed E-state index contributed by atoms with van der Waals surface area (Å²) in [6.45, 7) is 27.0. The lowest BCUT2D eigenvalue weighted by Gasteiger charge is -2.29. The average Bonchev–Trinajstić information content (AvgIpc) is 2.85. The number of hydrogen-bond donors (Lipinski definition) is 2. The summed E-state index contributed by atoms with van der Waals surface area (Å²) in [4.78, 5) is 4.96. The average molecular weight is 557 g/mol. The zero-order valence-corrected chi connectivity index (χ0v) is 26.6. The van der Waals surface area contributed by atoms with Crippen LogP contribution in [0.4, 0.5) is 17.1 Å². The maximum absolute atomic E-state index is 4.41. The molecule has 0 unspecified atom stereocenters. The fourth-order valence-corrected chi connectivity index (χ4v) is 7.09. The molecule has 3 aromatic carbocycles. The number of aryl methyl sites for hydroxylation is 1. The highest BCUT2D eigenvalue weighted by molar-refractivity contribution is 8.03. The van der Waals surface area contributed by atoms with Crippen molar-refractivity contribution >= 4 is 40.6 Å². The zero-order valence-electron chi connectivity index (χ0n) is 25.0. The highest BCUT2D eigenvalue weighted by Gasteiger charge is 2.25. The Kier molecular flexibility index (Phi) is 8.68. The van der Waals surface area contributed by atoms with Gasteiger partial charge in [0.15, 0.2) is 0 Å². The van der Waals surface area contributed by atoms with E-state index in [1.807, 2.05) is 11.8 Å². The Bertz CT molecular complexity index is 1370. The van der Waals surface area contributed by atoms with Crippen molar-refractivity contribution in [3.8, 4) is 0 Å². The maximum Gasteiger partial charge on any atom is 0.0527 e. The lowest BCUT2D eigenvalue weighted by molar-refractivity contribution is 0.558. The van der Waals surface area contributed by atoms with Crippen molar-refractivity contribution in [2.24, 2.45) is 0 Å². The first-order chi connectivity index (χ1) is 18.2. The van der Waals surface area contributed by atoms with Crippen LogP contribution in [0.2, 0.25) is 0 Å². The molecule has 0 radical (unpaired) electrons. The zero-order chi connectivity index (χ0) is 28.5. The van der Waals surface area contributed by atoms with Gasteiger partial charge in [0, 0.05) is 26.1 Å². The molecule has 2 N–H and O–H groups in total. The molecule has 0 bridgehead atoms. The van der Waals surface area contributed by atoms with Crippen LogP contribution < -0.4 is 10.6 Å². The number of nitrogens with one attached hydrogen (secondary N) is 2. The third-order valence-electron chi connectivity index (χ3n) is 7.21. The van der Waals surface area contributed by atoms with E-state index < -0.39 is 0 Å². The van der Waals surface area contributed by atoms with Gasteiger partial charge in [-0.3, -0.25) is 0 Å². The number of rotatable bonds is 8. The molecule has 3 aromatic rings. The highest BCUT2D eigenvalue weighted by atomic mass is 32.2. The summed E-state index contributed by atoms with van der Waals surface area (Å²) < 4.78 is 0. The molecular formula is C35H44N2S2. The van der Waals surface area contributed by atoms with E-state index in [0.717, 1.165) is 41.2 Å². The topological polar surface area (TPSA) is 24.1 Å². The van der Waals surface area contributed by atoms with Gasteiger partial charge in [-0.05, 0) is 107 Å². The Balaban J connectivity index is 1.38. The van der Waals surface area contributed by atoms with Crippen LogP contribution in [-0.2, 0) is 17.3 Å². The lowest BCUT2D eigenvalue weighted by atomic mass is 9.77. The van der Waals surface area contributed by atoms with Gasteiger partial charge in [-0.2, -0.15) is 0 Å². The van der Waals surface area contributed by atoms with Crippen molar-refractivity contribution < 1.29 is 0 Å². The van der Waals surface area contributed by atoms with Gasteiger partial charge in [-0.25, -0.2) is 0 Å². The Morgan fingerprint density at radius 3 is 2.03 bits per heavy atom. The molecule has 0 saturated carbocycles. The van der Waals surface area contributed by atoms with E-state index >= 15 is 0 Å². The molecule has 1 heterocycles. The number of benzene rings is 3. The van der Waals surface area contributed by atoms with Gasteiger partial charge < -0.3 is 10.6 Å². The molecule has 1 aliphatic rings. The number of hydrogen-bond acceptors (Lipinski definition) is 4. The van der Waals surface area contributed by atoms with E-state index in [4.69, 9.17) is 0 Å². The van der Waals surface area contributed by atoms with Crippen molar-refractivity contribution in [3.05, 3.63) is 94.5 Å². The van der Waals surface area contributed by atoms with E-state index in [2.05, 4.69) is 128 Å². The van der Waals surface area contributed by atoms with E-state index in [9.17, 15) is 0 Å². The summed E-state index contributed by atoms with van der Waals surface area (Å²) in [5.41, 5.74) is 10.2. The molecule has 206 valence electrons. The van der Waals surface area contributed by atoms with E-state index in [1.165, 1.54) is 42.6 Å². The van der Waals surface area contributed by atoms with Crippen LogP contribution in [0, 0.1) is 6.92 Å². The summed E-state index contributed by atoms with van der Waals surface area (Å²) in [6, 6.07) is 17.9. The predicted octanol–water partition coefficient (Wildman–Crippen LogP) is 11.4. The fourth-order valence-electron chi connectivity index (χ4n) is 5.11. The van der Waals surface area contributed by atoms with Gasteiger partial charge in [0.05, 0.1) is 11.4 Å². The summed E-state index contributed by atoms with van der Waals surface area (Å²) in [5.74, 6) is 0. The second-order valence-corrected chi connectivity index (χ2v) is 15.0. The van der Waals surface area contributed by atoms with Crippen LogP contribution >= 0.6 is 23.5 Å². The van der Waals surface area contributed by atoms with E-state index in [1.54, 1.807) is 11.8 Å². The van der Waals surface area contributed by atoms with Crippen molar-refractivity contribution in [2.45, 2.75) is 100 Å². The van der Waals surface area contributed by atoms with Crippen molar-refractivity contribution in [2.75, 3.05) is 10.6 Å². The van der Waals surface area contributed by atoms with Gasteiger partial charge in [-0.1, -0.05) is 91.2 Å². The molecule has 0 spiro atoms. The minimum atomic E-state index is 0.100. The number of thioether (sulfide) groups is 1. The second kappa shape index (κ2) is 11.5. The number of allylic oxidation sites excluding steroid dienone is 2. The molecule has 1 aliphatic heterocycles. The van der Waals surface area contributed by atoms with E-state index in [-0.39, 0.29) is 10.8 Å². The Hall–Kier alpha value is -2.56. The Labute approximate surface area is 245 Å². The highest BCUT2D eigenvalue weighted by Crippen LogP contribution is 2.45. The molecular weight excluding hydrogens is 513 g/mol. The number of anilines is 3. The maximum atomic E-state index is 4.41. The normalized spacial score (nSPS) is 12.8. The molecule has 0 aromatic heterocycles. The van der Waals surface area contributed by atoms with Crippen LogP contribution in [0.15, 0.2) is 87.0 Å². The fraction of sp³-hybridized carbons (Fsp3) is 0.371. The quantitative estimate of drug-likeness (QED) is 0.211. The van der Waals surface area contributed by atoms with Crippen molar-refractivity contribution in [1.29, 1.82) is 0 Å². The second-order valence-electron chi connectivity index (χ2n) is 12.6. The van der Waals surface area contributed by atoms with Crippen LogP contribution in [0.1, 0.15) is 83.6 Å². The largest absolute Gasteiger partial charge is 0.359 e. The van der Waals surface area contributed by atoms with Gasteiger partial charge in [-0.15, -0.1) is 0 Å². The van der Waals surface area contributed by atoms with Crippen LogP contribution in [0.5, 0.6) is 0 Å². The van der Waals surface area contributed by atoms with Crippen molar-refractivity contribution in [3.63, 3.8) is 0 Å². The summed E-state index contributed by atoms with van der Waals surface area (Å²) in [7, 11) is 0. The molecule has 4 rings (SSSR count). The van der Waals surface area contributed by atoms with Gasteiger partial charge in [0.1, 0.15) is 0 Å². The molecule has 0 fully saturated rings. The van der Waals surface area contributed by atoms with Crippen LogP contribution in [0.3, 0.4) is 0 Å². The first-order valence-electron chi connectivity index (χ1n) is 13.9. The standard InChI is InChI=1S/C35H44N2S2/c1-11-25-14-16-30-32(18-25)39-33-19-26(15-17-31(33)37-30)36-22(2)12-13-23(3)38-27-20-28(34(5,6)7)24(4)29(21-27)35(8,9)10/h14-21,36-37H,2-3,11-13H2,1,4-10H3. The van der Waals surface area contributed by atoms with Crippen LogP contribution in [0.25, 0.3) is 0 Å².